The summed E-state index contributed by atoms with van der Waals surface area (Å²) >= 11 is 2.19. The van der Waals surface area contributed by atoms with Gasteiger partial charge in [0.25, 0.3) is 0 Å². The zero-order valence-corrected chi connectivity index (χ0v) is 13.2. The lowest BCUT2D eigenvalue weighted by molar-refractivity contribution is -0.157. The third kappa shape index (κ3) is 2.27. The normalized spacial score (nSPS) is 27.7. The molecular weight excluding hydrogens is 356 g/mol. The molecule has 0 heterocycles. The summed E-state index contributed by atoms with van der Waals surface area (Å²) < 4.78 is 19.9. The minimum atomic E-state index is -0.172. The van der Waals surface area contributed by atoms with E-state index in [1.165, 1.54) is 25.3 Å². The number of hydrogen-bond acceptors (Lipinski definition) is 2. The van der Waals surface area contributed by atoms with Gasteiger partial charge in [-0.3, -0.25) is 0 Å². The van der Waals surface area contributed by atoms with Crippen LogP contribution in [0.1, 0.15) is 32.6 Å². The summed E-state index contributed by atoms with van der Waals surface area (Å²) in [4.78, 5) is 0. The SMILES string of the molecule is CCOC1CC(Nc2ccc(F)cc2I)C12CCC2. The molecule has 104 valence electrons. The Morgan fingerprint density at radius 2 is 2.26 bits per heavy atom. The fraction of sp³-hybridized carbons (Fsp3) is 0.600. The molecule has 0 amide bonds. The second kappa shape index (κ2) is 5.20. The second-order valence-corrected chi connectivity index (χ2v) is 6.75. The van der Waals surface area contributed by atoms with Crippen LogP contribution in [-0.4, -0.2) is 18.8 Å². The number of anilines is 1. The molecule has 2 aliphatic rings. The summed E-state index contributed by atoms with van der Waals surface area (Å²) in [7, 11) is 0. The van der Waals surface area contributed by atoms with Crippen molar-refractivity contribution in [3.05, 3.63) is 27.6 Å². The molecular formula is C15H19FINO. The number of benzene rings is 1. The molecule has 2 unspecified atom stereocenters. The summed E-state index contributed by atoms with van der Waals surface area (Å²) in [6.45, 7) is 2.86. The molecule has 0 saturated heterocycles. The zero-order chi connectivity index (χ0) is 13.5. The first kappa shape index (κ1) is 13.6. The molecule has 0 aromatic heterocycles. The largest absolute Gasteiger partial charge is 0.381 e. The first-order valence-electron chi connectivity index (χ1n) is 6.99. The van der Waals surface area contributed by atoms with Crippen LogP contribution in [0.2, 0.25) is 0 Å². The number of ether oxygens (including phenoxy) is 1. The van der Waals surface area contributed by atoms with Gasteiger partial charge in [0.05, 0.1) is 6.10 Å². The minimum Gasteiger partial charge on any atom is -0.381 e. The average molecular weight is 375 g/mol. The highest BCUT2D eigenvalue weighted by atomic mass is 127. The van der Waals surface area contributed by atoms with Gasteiger partial charge in [0.15, 0.2) is 0 Å². The minimum absolute atomic E-state index is 0.172. The van der Waals surface area contributed by atoms with E-state index in [0.29, 0.717) is 17.6 Å². The van der Waals surface area contributed by atoms with E-state index in [1.807, 2.05) is 6.07 Å². The van der Waals surface area contributed by atoms with Crippen molar-refractivity contribution in [1.29, 1.82) is 0 Å². The molecule has 1 N–H and O–H groups in total. The Kier molecular flexibility index (Phi) is 3.73. The third-order valence-corrected chi connectivity index (χ3v) is 5.59. The summed E-state index contributed by atoms with van der Waals surface area (Å²) in [6.07, 6.45) is 5.31. The maximum atomic E-state index is 13.1. The Hall–Kier alpha value is -0.360. The molecule has 2 saturated carbocycles. The van der Waals surface area contributed by atoms with E-state index < -0.39 is 0 Å². The second-order valence-electron chi connectivity index (χ2n) is 5.59. The molecule has 3 rings (SSSR count). The summed E-state index contributed by atoms with van der Waals surface area (Å²) in [5.74, 6) is -0.172. The highest BCUT2D eigenvalue weighted by Gasteiger charge is 2.58. The summed E-state index contributed by atoms with van der Waals surface area (Å²) in [6, 6.07) is 5.43. The van der Waals surface area contributed by atoms with Gasteiger partial charge in [0.1, 0.15) is 5.82 Å². The first-order chi connectivity index (χ1) is 9.15. The smallest absolute Gasteiger partial charge is 0.124 e. The monoisotopic (exact) mass is 375 g/mol. The third-order valence-electron chi connectivity index (χ3n) is 4.70. The fourth-order valence-electron chi connectivity index (χ4n) is 3.43. The van der Waals surface area contributed by atoms with Gasteiger partial charge in [-0.05, 0) is 67.0 Å². The number of hydrogen-bond donors (Lipinski definition) is 1. The van der Waals surface area contributed by atoms with Crippen molar-refractivity contribution in [2.24, 2.45) is 5.41 Å². The first-order valence-corrected chi connectivity index (χ1v) is 8.07. The van der Waals surface area contributed by atoms with E-state index in [1.54, 1.807) is 6.07 Å². The molecule has 2 atom stereocenters. The van der Waals surface area contributed by atoms with Gasteiger partial charge < -0.3 is 10.1 Å². The van der Waals surface area contributed by atoms with Gasteiger partial charge in [-0.15, -0.1) is 0 Å². The van der Waals surface area contributed by atoms with Gasteiger partial charge in [-0.2, -0.15) is 0 Å². The highest BCUT2D eigenvalue weighted by Crippen LogP contribution is 2.58. The van der Waals surface area contributed by atoms with Gasteiger partial charge in [-0.1, -0.05) is 6.42 Å². The van der Waals surface area contributed by atoms with Gasteiger partial charge in [-0.25, -0.2) is 4.39 Å². The van der Waals surface area contributed by atoms with E-state index in [2.05, 4.69) is 34.8 Å². The molecule has 0 radical (unpaired) electrons. The van der Waals surface area contributed by atoms with Crippen LogP contribution in [0.5, 0.6) is 0 Å². The Morgan fingerprint density at radius 3 is 2.84 bits per heavy atom. The number of rotatable bonds is 4. The Balaban J connectivity index is 1.71. The van der Waals surface area contributed by atoms with Crippen LogP contribution >= 0.6 is 22.6 Å². The molecule has 2 fully saturated rings. The topological polar surface area (TPSA) is 21.3 Å². The molecule has 1 spiro atoms. The molecule has 4 heteroatoms. The van der Waals surface area contributed by atoms with Crippen LogP contribution in [0.15, 0.2) is 18.2 Å². The predicted octanol–water partition coefficient (Wildman–Crippen LogP) is 4.19. The average Bonchev–Trinajstić information content (AvgIpc) is 2.28. The van der Waals surface area contributed by atoms with Gasteiger partial charge in [0, 0.05) is 27.3 Å². The molecule has 1 aromatic carbocycles. The van der Waals surface area contributed by atoms with Crippen LogP contribution in [0.3, 0.4) is 0 Å². The van der Waals surface area contributed by atoms with Gasteiger partial charge in [0.2, 0.25) is 0 Å². The quantitative estimate of drug-likeness (QED) is 0.797. The van der Waals surface area contributed by atoms with Crippen molar-refractivity contribution in [1.82, 2.24) is 0 Å². The van der Waals surface area contributed by atoms with E-state index in [4.69, 9.17) is 4.74 Å². The molecule has 0 bridgehead atoms. The lowest BCUT2D eigenvalue weighted by Crippen LogP contribution is -2.64. The fourth-order valence-corrected chi connectivity index (χ4v) is 4.07. The molecule has 2 nitrogen and oxygen atoms in total. The molecule has 0 aliphatic heterocycles. The predicted molar refractivity (Wildman–Crippen MR) is 82.8 cm³/mol. The van der Waals surface area contributed by atoms with Crippen LogP contribution in [0.4, 0.5) is 10.1 Å². The van der Waals surface area contributed by atoms with E-state index >= 15 is 0 Å². The van der Waals surface area contributed by atoms with Crippen molar-refractivity contribution in [2.45, 2.75) is 44.8 Å². The molecule has 19 heavy (non-hydrogen) atoms. The maximum absolute atomic E-state index is 13.1. The number of nitrogens with one attached hydrogen (secondary N) is 1. The van der Waals surface area contributed by atoms with Crippen LogP contribution in [-0.2, 0) is 4.74 Å². The molecule has 1 aromatic rings. The maximum Gasteiger partial charge on any atom is 0.124 e. The van der Waals surface area contributed by atoms with Crippen LogP contribution < -0.4 is 5.32 Å². The van der Waals surface area contributed by atoms with E-state index in [9.17, 15) is 4.39 Å². The van der Waals surface area contributed by atoms with Crippen molar-refractivity contribution in [2.75, 3.05) is 11.9 Å². The van der Waals surface area contributed by atoms with E-state index in [0.717, 1.165) is 22.3 Å². The van der Waals surface area contributed by atoms with Crippen LogP contribution in [0.25, 0.3) is 0 Å². The zero-order valence-electron chi connectivity index (χ0n) is 11.1. The lowest BCUT2D eigenvalue weighted by Gasteiger charge is -2.61. The Morgan fingerprint density at radius 1 is 1.47 bits per heavy atom. The van der Waals surface area contributed by atoms with Gasteiger partial charge >= 0.3 is 0 Å². The van der Waals surface area contributed by atoms with Crippen LogP contribution in [0, 0.1) is 14.8 Å². The lowest BCUT2D eigenvalue weighted by atomic mass is 9.51. The Labute approximate surface area is 127 Å². The van der Waals surface area contributed by atoms with Crippen molar-refractivity contribution in [3.63, 3.8) is 0 Å². The highest BCUT2D eigenvalue weighted by molar-refractivity contribution is 14.1. The number of halogens is 2. The van der Waals surface area contributed by atoms with E-state index in [-0.39, 0.29) is 5.82 Å². The van der Waals surface area contributed by atoms with Crippen molar-refractivity contribution in [3.8, 4) is 0 Å². The standard InChI is InChI=1S/C15H19FINO/c1-2-19-14-9-13(15(14)6-3-7-15)18-12-5-4-10(16)8-11(12)17/h4-5,8,13-14,18H,2-3,6-7,9H2,1H3. The summed E-state index contributed by atoms with van der Waals surface area (Å²) in [5, 5.41) is 3.60. The van der Waals surface area contributed by atoms with Crippen molar-refractivity contribution < 1.29 is 9.13 Å². The Bertz CT molecular complexity index is 475. The molecule has 2 aliphatic carbocycles. The van der Waals surface area contributed by atoms with Crippen molar-refractivity contribution >= 4 is 28.3 Å². The summed E-state index contributed by atoms with van der Waals surface area (Å²) in [5.41, 5.74) is 1.39.